The second kappa shape index (κ2) is 7.41. The van der Waals surface area contributed by atoms with E-state index in [0.29, 0.717) is 27.2 Å². The summed E-state index contributed by atoms with van der Waals surface area (Å²) in [5.41, 5.74) is 1.15. The summed E-state index contributed by atoms with van der Waals surface area (Å²) < 4.78 is 5.09. The Morgan fingerprint density at radius 3 is 2.54 bits per heavy atom. The molecule has 1 amide bonds. The van der Waals surface area contributed by atoms with E-state index in [1.54, 1.807) is 43.5 Å². The minimum absolute atomic E-state index is 0.115. The molecule has 3 rings (SSSR count). The van der Waals surface area contributed by atoms with Gasteiger partial charge in [0.05, 0.1) is 19.2 Å². The zero-order chi connectivity index (χ0) is 18.7. The van der Waals surface area contributed by atoms with Gasteiger partial charge in [0.1, 0.15) is 5.75 Å². The molecule has 0 atom stereocenters. The van der Waals surface area contributed by atoms with Crippen LogP contribution in [0.1, 0.15) is 16.1 Å². The molecule has 0 saturated heterocycles. The molecule has 0 fully saturated rings. The number of nitrogens with one attached hydrogen (secondary N) is 1. The van der Waals surface area contributed by atoms with Crippen molar-refractivity contribution in [2.24, 2.45) is 0 Å². The monoisotopic (exact) mass is 370 g/mol. The second-order valence-corrected chi connectivity index (χ2v) is 6.02. The molecule has 132 valence electrons. The predicted octanol–water partition coefficient (Wildman–Crippen LogP) is 3.78. The third-order valence-electron chi connectivity index (χ3n) is 3.85. The van der Waals surface area contributed by atoms with Crippen LogP contribution in [0.3, 0.4) is 0 Å². The molecule has 26 heavy (non-hydrogen) atoms. The van der Waals surface area contributed by atoms with Crippen molar-refractivity contribution in [1.29, 1.82) is 0 Å². The number of carboxylic acid groups (broad SMARTS) is 1. The van der Waals surface area contributed by atoms with E-state index in [-0.39, 0.29) is 18.0 Å². The third-order valence-corrected chi connectivity index (χ3v) is 4.06. The lowest BCUT2D eigenvalue weighted by Crippen LogP contribution is -2.15. The van der Waals surface area contributed by atoms with Gasteiger partial charge in [0.15, 0.2) is 5.69 Å². The Bertz CT molecular complexity index is 987. The molecule has 1 aromatic heterocycles. The average molecular weight is 371 g/mol. The number of aromatic nitrogens is 1. The Labute approximate surface area is 154 Å². The molecule has 2 aromatic carbocycles. The van der Waals surface area contributed by atoms with Crippen molar-refractivity contribution >= 4 is 39.9 Å². The standard InChI is InChI=1S/C19H15ClN2O4/c1-26-13-4-2-11(3-5-13)8-17(23)22-16-10-12(20)9-15-14(16)6-7-21-18(15)19(24)25/h2-7,9-10H,8H2,1H3,(H,22,23)(H,24,25). The predicted molar refractivity (Wildman–Crippen MR) is 99.0 cm³/mol. The number of methoxy groups -OCH3 is 1. The summed E-state index contributed by atoms with van der Waals surface area (Å²) in [5, 5.41) is 13.3. The van der Waals surface area contributed by atoms with E-state index in [1.807, 2.05) is 0 Å². The first-order valence-corrected chi connectivity index (χ1v) is 8.10. The first kappa shape index (κ1) is 17.7. The molecule has 7 heteroatoms. The highest BCUT2D eigenvalue weighted by Gasteiger charge is 2.15. The van der Waals surface area contributed by atoms with E-state index >= 15 is 0 Å². The van der Waals surface area contributed by atoms with Crippen LogP contribution in [0.2, 0.25) is 5.02 Å². The molecule has 2 N–H and O–H groups in total. The molecule has 0 unspecified atom stereocenters. The van der Waals surface area contributed by atoms with Crippen LogP contribution in [0, 0.1) is 0 Å². The van der Waals surface area contributed by atoms with Gasteiger partial charge in [0.2, 0.25) is 5.91 Å². The number of hydrogen-bond donors (Lipinski definition) is 2. The number of pyridine rings is 1. The van der Waals surface area contributed by atoms with E-state index in [4.69, 9.17) is 16.3 Å². The first-order chi connectivity index (χ1) is 12.5. The Balaban J connectivity index is 1.89. The molecule has 0 radical (unpaired) electrons. The second-order valence-electron chi connectivity index (χ2n) is 5.59. The number of aromatic carboxylic acids is 1. The first-order valence-electron chi connectivity index (χ1n) is 7.72. The molecular weight excluding hydrogens is 356 g/mol. The van der Waals surface area contributed by atoms with Crippen LogP contribution in [-0.4, -0.2) is 29.1 Å². The number of ether oxygens (including phenoxy) is 1. The SMILES string of the molecule is COc1ccc(CC(=O)Nc2cc(Cl)cc3c(C(=O)O)nccc23)cc1. The lowest BCUT2D eigenvalue weighted by Gasteiger charge is -2.11. The molecule has 0 aliphatic carbocycles. The summed E-state index contributed by atoms with van der Waals surface area (Å²) in [6, 6.07) is 11.9. The van der Waals surface area contributed by atoms with Gasteiger partial charge in [-0.2, -0.15) is 0 Å². The van der Waals surface area contributed by atoms with Crippen LogP contribution in [0.5, 0.6) is 5.75 Å². The molecule has 0 spiro atoms. The van der Waals surface area contributed by atoms with Crippen molar-refractivity contribution in [2.75, 3.05) is 12.4 Å². The van der Waals surface area contributed by atoms with Crippen LogP contribution in [0.25, 0.3) is 10.8 Å². The summed E-state index contributed by atoms with van der Waals surface area (Å²) in [5.74, 6) is -0.690. The number of nitrogens with zero attached hydrogens (tertiary/aromatic N) is 1. The van der Waals surface area contributed by atoms with Gasteiger partial charge >= 0.3 is 5.97 Å². The van der Waals surface area contributed by atoms with E-state index in [9.17, 15) is 14.7 Å². The van der Waals surface area contributed by atoms with Crippen molar-refractivity contribution in [3.05, 3.63) is 64.9 Å². The molecule has 1 heterocycles. The van der Waals surface area contributed by atoms with Gasteiger partial charge in [-0.15, -0.1) is 0 Å². The van der Waals surface area contributed by atoms with E-state index in [2.05, 4.69) is 10.3 Å². The number of carbonyl (C=O) groups is 2. The molecular formula is C19H15ClN2O4. The molecule has 6 nitrogen and oxygen atoms in total. The summed E-state index contributed by atoms with van der Waals surface area (Å²) in [6.45, 7) is 0. The number of fused-ring (bicyclic) bond motifs is 1. The highest BCUT2D eigenvalue weighted by molar-refractivity contribution is 6.32. The molecule has 0 saturated carbocycles. The summed E-state index contributed by atoms with van der Waals surface area (Å²) in [4.78, 5) is 27.6. The van der Waals surface area contributed by atoms with Gasteiger partial charge in [-0.25, -0.2) is 9.78 Å². The quantitative estimate of drug-likeness (QED) is 0.713. The Morgan fingerprint density at radius 1 is 1.15 bits per heavy atom. The normalized spacial score (nSPS) is 10.5. The lowest BCUT2D eigenvalue weighted by molar-refractivity contribution is -0.115. The largest absolute Gasteiger partial charge is 0.497 e. The van der Waals surface area contributed by atoms with E-state index in [0.717, 1.165) is 5.56 Å². The fourth-order valence-electron chi connectivity index (χ4n) is 2.65. The van der Waals surface area contributed by atoms with Gasteiger partial charge in [0.25, 0.3) is 0 Å². The molecule has 0 aliphatic rings. The summed E-state index contributed by atoms with van der Waals surface area (Å²) >= 11 is 6.09. The van der Waals surface area contributed by atoms with Gasteiger partial charge in [-0.3, -0.25) is 4.79 Å². The molecule has 0 aliphatic heterocycles. The van der Waals surface area contributed by atoms with Gasteiger partial charge in [-0.1, -0.05) is 23.7 Å². The van der Waals surface area contributed by atoms with Crippen LogP contribution in [0.15, 0.2) is 48.7 Å². The number of benzene rings is 2. The minimum atomic E-state index is -1.16. The maximum absolute atomic E-state index is 12.4. The summed E-state index contributed by atoms with van der Waals surface area (Å²) in [6.07, 6.45) is 1.55. The van der Waals surface area contributed by atoms with Crippen LogP contribution < -0.4 is 10.1 Å². The number of carboxylic acids is 1. The van der Waals surface area contributed by atoms with Gasteiger partial charge in [0, 0.05) is 22.0 Å². The van der Waals surface area contributed by atoms with Crippen LogP contribution >= 0.6 is 11.6 Å². The molecule has 0 bridgehead atoms. The fourth-order valence-corrected chi connectivity index (χ4v) is 2.86. The van der Waals surface area contributed by atoms with E-state index in [1.165, 1.54) is 12.3 Å². The zero-order valence-corrected chi connectivity index (χ0v) is 14.6. The Morgan fingerprint density at radius 2 is 1.88 bits per heavy atom. The maximum atomic E-state index is 12.4. The smallest absolute Gasteiger partial charge is 0.355 e. The summed E-state index contributed by atoms with van der Waals surface area (Å²) in [7, 11) is 1.58. The van der Waals surface area contributed by atoms with Crippen molar-refractivity contribution in [1.82, 2.24) is 4.98 Å². The Kier molecular flexibility index (Phi) is 5.04. The minimum Gasteiger partial charge on any atom is -0.497 e. The maximum Gasteiger partial charge on any atom is 0.355 e. The fraction of sp³-hybridized carbons (Fsp3) is 0.105. The molecule has 3 aromatic rings. The lowest BCUT2D eigenvalue weighted by atomic mass is 10.1. The highest BCUT2D eigenvalue weighted by Crippen LogP contribution is 2.29. The zero-order valence-electron chi connectivity index (χ0n) is 13.8. The van der Waals surface area contributed by atoms with Gasteiger partial charge < -0.3 is 15.2 Å². The van der Waals surface area contributed by atoms with Crippen molar-refractivity contribution in [2.45, 2.75) is 6.42 Å². The van der Waals surface area contributed by atoms with Crippen molar-refractivity contribution < 1.29 is 19.4 Å². The number of carbonyl (C=O) groups excluding carboxylic acids is 1. The average Bonchev–Trinajstić information content (AvgIpc) is 2.61. The number of rotatable bonds is 5. The third kappa shape index (κ3) is 3.75. The van der Waals surface area contributed by atoms with Crippen LogP contribution in [0.4, 0.5) is 5.69 Å². The topological polar surface area (TPSA) is 88.5 Å². The number of hydrogen-bond acceptors (Lipinski definition) is 4. The highest BCUT2D eigenvalue weighted by atomic mass is 35.5. The van der Waals surface area contributed by atoms with Gasteiger partial charge in [-0.05, 0) is 35.9 Å². The number of amides is 1. The van der Waals surface area contributed by atoms with Crippen molar-refractivity contribution in [3.8, 4) is 5.75 Å². The number of halogens is 1. The van der Waals surface area contributed by atoms with E-state index < -0.39 is 5.97 Å². The Hall–Kier alpha value is -3.12. The number of anilines is 1. The van der Waals surface area contributed by atoms with Crippen molar-refractivity contribution in [3.63, 3.8) is 0 Å². The van der Waals surface area contributed by atoms with Crippen LogP contribution in [-0.2, 0) is 11.2 Å².